The smallest absolute Gasteiger partial charge is 0.162 e. The van der Waals surface area contributed by atoms with Gasteiger partial charge >= 0.3 is 0 Å². The number of hydrogen-bond acceptors (Lipinski definition) is 4. The fraction of sp³-hybridized carbons (Fsp3) is 0.400. The van der Waals surface area contributed by atoms with Gasteiger partial charge < -0.3 is 19.1 Å². The Morgan fingerprint density at radius 2 is 1.71 bits per heavy atom. The van der Waals surface area contributed by atoms with Gasteiger partial charge in [0.05, 0.1) is 14.2 Å². The summed E-state index contributed by atoms with van der Waals surface area (Å²) < 4.78 is 16.7. The number of rotatable bonds is 3. The number of hydrogen-bond donors (Lipinski definition) is 0. The first-order chi connectivity index (χ1) is 11.4. The summed E-state index contributed by atoms with van der Waals surface area (Å²) in [6.07, 6.45) is 0. The van der Waals surface area contributed by atoms with E-state index in [1.807, 2.05) is 18.2 Å². The first kappa shape index (κ1) is 16.5. The molecule has 0 saturated heterocycles. The van der Waals surface area contributed by atoms with Crippen LogP contribution in [0, 0.1) is 0 Å². The molecular formula is C20H25NO3. The Balaban J connectivity index is 1.89. The van der Waals surface area contributed by atoms with Gasteiger partial charge in [-0.2, -0.15) is 0 Å². The number of anilines is 1. The largest absolute Gasteiger partial charge is 0.493 e. The molecule has 0 atom stereocenters. The SMILES string of the molecule is COc1ccc(N2COc3ccc(C(C)(C)C)cc3C2)cc1OC. The molecule has 0 N–H and O–H groups in total. The molecule has 0 aromatic heterocycles. The van der Waals surface area contributed by atoms with Crippen LogP contribution in [0.1, 0.15) is 31.9 Å². The van der Waals surface area contributed by atoms with Gasteiger partial charge in [-0.05, 0) is 35.2 Å². The van der Waals surface area contributed by atoms with Crippen LogP contribution in [0.3, 0.4) is 0 Å². The average molecular weight is 327 g/mol. The van der Waals surface area contributed by atoms with Crippen LogP contribution in [0.25, 0.3) is 0 Å². The van der Waals surface area contributed by atoms with Crippen molar-refractivity contribution < 1.29 is 14.2 Å². The maximum absolute atomic E-state index is 5.94. The summed E-state index contributed by atoms with van der Waals surface area (Å²) in [7, 11) is 3.30. The fourth-order valence-corrected chi connectivity index (χ4v) is 2.90. The van der Waals surface area contributed by atoms with E-state index in [-0.39, 0.29) is 5.41 Å². The highest BCUT2D eigenvalue weighted by Crippen LogP contribution is 2.36. The first-order valence-electron chi connectivity index (χ1n) is 8.15. The Morgan fingerprint density at radius 1 is 0.958 bits per heavy atom. The monoisotopic (exact) mass is 327 g/mol. The molecule has 1 heterocycles. The Labute approximate surface area is 144 Å². The Kier molecular flexibility index (Phi) is 4.31. The van der Waals surface area contributed by atoms with Crippen LogP contribution in [0.5, 0.6) is 17.2 Å². The quantitative estimate of drug-likeness (QED) is 0.838. The Hall–Kier alpha value is -2.36. The molecule has 1 aliphatic heterocycles. The molecule has 0 saturated carbocycles. The lowest BCUT2D eigenvalue weighted by molar-refractivity contribution is 0.288. The second-order valence-electron chi connectivity index (χ2n) is 7.08. The zero-order valence-electron chi connectivity index (χ0n) is 15.1. The van der Waals surface area contributed by atoms with Crippen LogP contribution >= 0.6 is 0 Å². The van der Waals surface area contributed by atoms with Gasteiger partial charge in [0.25, 0.3) is 0 Å². The molecule has 4 nitrogen and oxygen atoms in total. The first-order valence-corrected chi connectivity index (χ1v) is 8.15. The third-order valence-electron chi connectivity index (χ3n) is 4.40. The second-order valence-corrected chi connectivity index (χ2v) is 7.08. The highest BCUT2D eigenvalue weighted by Gasteiger charge is 2.22. The molecule has 1 aliphatic rings. The number of ether oxygens (including phenoxy) is 3. The third-order valence-corrected chi connectivity index (χ3v) is 4.40. The molecule has 2 aromatic rings. The number of nitrogens with zero attached hydrogens (tertiary/aromatic N) is 1. The fourth-order valence-electron chi connectivity index (χ4n) is 2.90. The molecule has 0 unspecified atom stereocenters. The van der Waals surface area contributed by atoms with Crippen LogP contribution in [-0.2, 0) is 12.0 Å². The highest BCUT2D eigenvalue weighted by molar-refractivity contribution is 5.58. The van der Waals surface area contributed by atoms with E-state index in [2.05, 4.69) is 43.9 Å². The summed E-state index contributed by atoms with van der Waals surface area (Å²) in [5, 5.41) is 0. The van der Waals surface area contributed by atoms with Gasteiger partial charge in [-0.25, -0.2) is 0 Å². The summed E-state index contributed by atoms with van der Waals surface area (Å²) in [4.78, 5) is 2.19. The molecule has 24 heavy (non-hydrogen) atoms. The number of fused-ring (bicyclic) bond motifs is 1. The minimum Gasteiger partial charge on any atom is -0.493 e. The lowest BCUT2D eigenvalue weighted by Crippen LogP contribution is -2.32. The average Bonchev–Trinajstić information content (AvgIpc) is 2.59. The number of methoxy groups -OCH3 is 2. The van der Waals surface area contributed by atoms with Gasteiger partial charge in [0.2, 0.25) is 0 Å². The van der Waals surface area contributed by atoms with Crippen molar-refractivity contribution in [2.24, 2.45) is 0 Å². The van der Waals surface area contributed by atoms with Crippen molar-refractivity contribution in [3.63, 3.8) is 0 Å². The van der Waals surface area contributed by atoms with Crippen LogP contribution in [0.15, 0.2) is 36.4 Å². The molecular weight excluding hydrogens is 302 g/mol. The van der Waals surface area contributed by atoms with Gasteiger partial charge in [-0.3, -0.25) is 0 Å². The summed E-state index contributed by atoms with van der Waals surface area (Å²) in [5.74, 6) is 2.43. The summed E-state index contributed by atoms with van der Waals surface area (Å²) in [5.41, 5.74) is 3.71. The normalized spacial score (nSPS) is 14.0. The highest BCUT2D eigenvalue weighted by atomic mass is 16.5. The van der Waals surface area contributed by atoms with E-state index in [1.165, 1.54) is 11.1 Å². The predicted octanol–water partition coefficient (Wildman–Crippen LogP) is 4.36. The van der Waals surface area contributed by atoms with E-state index in [9.17, 15) is 0 Å². The molecule has 0 bridgehead atoms. The molecule has 0 fully saturated rings. The van der Waals surface area contributed by atoms with E-state index in [1.54, 1.807) is 14.2 Å². The van der Waals surface area contributed by atoms with E-state index in [4.69, 9.17) is 14.2 Å². The van der Waals surface area contributed by atoms with Crippen molar-refractivity contribution in [2.75, 3.05) is 25.9 Å². The van der Waals surface area contributed by atoms with Crippen molar-refractivity contribution in [1.29, 1.82) is 0 Å². The predicted molar refractivity (Wildman–Crippen MR) is 96.4 cm³/mol. The van der Waals surface area contributed by atoms with E-state index in [0.29, 0.717) is 6.73 Å². The molecule has 0 spiro atoms. The van der Waals surface area contributed by atoms with Gasteiger partial charge in [-0.15, -0.1) is 0 Å². The molecule has 0 amide bonds. The molecule has 3 rings (SSSR count). The van der Waals surface area contributed by atoms with Crippen LogP contribution in [0.2, 0.25) is 0 Å². The van der Waals surface area contributed by atoms with Crippen molar-refractivity contribution in [1.82, 2.24) is 0 Å². The van der Waals surface area contributed by atoms with Crippen molar-refractivity contribution in [3.05, 3.63) is 47.5 Å². The zero-order valence-corrected chi connectivity index (χ0v) is 15.1. The third kappa shape index (κ3) is 3.14. The van der Waals surface area contributed by atoms with E-state index < -0.39 is 0 Å². The van der Waals surface area contributed by atoms with Gasteiger partial charge in [0.15, 0.2) is 18.2 Å². The van der Waals surface area contributed by atoms with E-state index in [0.717, 1.165) is 29.5 Å². The van der Waals surface area contributed by atoms with Crippen LogP contribution in [0.4, 0.5) is 5.69 Å². The molecule has 0 radical (unpaired) electrons. The minimum atomic E-state index is 0.126. The molecule has 128 valence electrons. The minimum absolute atomic E-state index is 0.126. The maximum Gasteiger partial charge on any atom is 0.162 e. The summed E-state index contributed by atoms with van der Waals surface area (Å²) in [6.45, 7) is 8.02. The van der Waals surface area contributed by atoms with Gasteiger partial charge in [-0.1, -0.05) is 26.8 Å². The Bertz CT molecular complexity index is 734. The second kappa shape index (κ2) is 6.27. The van der Waals surface area contributed by atoms with Crippen LogP contribution in [-0.4, -0.2) is 21.0 Å². The van der Waals surface area contributed by atoms with Crippen molar-refractivity contribution in [3.8, 4) is 17.2 Å². The van der Waals surface area contributed by atoms with Crippen molar-refractivity contribution in [2.45, 2.75) is 32.7 Å². The maximum atomic E-state index is 5.94. The lowest BCUT2D eigenvalue weighted by Gasteiger charge is -2.32. The van der Waals surface area contributed by atoms with Gasteiger partial charge in [0, 0.05) is 23.9 Å². The van der Waals surface area contributed by atoms with Crippen LogP contribution < -0.4 is 19.1 Å². The van der Waals surface area contributed by atoms with Crippen molar-refractivity contribution >= 4 is 5.69 Å². The number of benzene rings is 2. The van der Waals surface area contributed by atoms with E-state index >= 15 is 0 Å². The zero-order chi connectivity index (χ0) is 17.3. The molecule has 0 aliphatic carbocycles. The molecule has 2 aromatic carbocycles. The van der Waals surface area contributed by atoms with Gasteiger partial charge in [0.1, 0.15) is 5.75 Å². The summed E-state index contributed by atoms with van der Waals surface area (Å²) >= 11 is 0. The standard InChI is InChI=1S/C20H25NO3/c1-20(2,3)15-6-8-17-14(10-15)12-21(13-24-17)16-7-9-18(22-4)19(11-16)23-5/h6-11H,12-13H2,1-5H3. The summed E-state index contributed by atoms with van der Waals surface area (Å²) in [6, 6.07) is 12.4. The lowest BCUT2D eigenvalue weighted by atomic mass is 9.86. The Morgan fingerprint density at radius 3 is 2.38 bits per heavy atom. The topological polar surface area (TPSA) is 30.9 Å². The molecule has 4 heteroatoms.